The van der Waals surface area contributed by atoms with E-state index in [4.69, 9.17) is 17.3 Å². The van der Waals surface area contributed by atoms with Crippen LogP contribution in [0.25, 0.3) is 0 Å². The Morgan fingerprint density at radius 1 is 1.29 bits per heavy atom. The van der Waals surface area contributed by atoms with Gasteiger partial charge in [0.2, 0.25) is 5.95 Å². The Hall–Kier alpha value is -1.69. The number of nitrogens with two attached hydrogens (primary N) is 1. The van der Waals surface area contributed by atoms with Gasteiger partial charge in [0, 0.05) is 26.2 Å². The Kier molecular flexibility index (Phi) is 4.34. The first-order chi connectivity index (χ1) is 10.2. The molecule has 1 aromatic heterocycles. The molecule has 3 rings (SSSR count). The van der Waals surface area contributed by atoms with E-state index in [-0.39, 0.29) is 12.0 Å². The van der Waals surface area contributed by atoms with Gasteiger partial charge in [-0.2, -0.15) is 0 Å². The van der Waals surface area contributed by atoms with Gasteiger partial charge in [0.1, 0.15) is 5.15 Å². The van der Waals surface area contributed by atoms with Crippen molar-refractivity contribution in [2.45, 2.75) is 12.6 Å². The summed E-state index contributed by atoms with van der Waals surface area (Å²) < 4.78 is 0. The molecule has 2 aromatic rings. The Balaban J connectivity index is 1.84. The van der Waals surface area contributed by atoms with Gasteiger partial charge in [-0.15, -0.1) is 0 Å². The highest BCUT2D eigenvalue weighted by Crippen LogP contribution is 2.24. The zero-order valence-electron chi connectivity index (χ0n) is 11.7. The second-order valence-electron chi connectivity index (χ2n) is 5.15. The minimum Gasteiger partial charge on any atom is -0.368 e. The van der Waals surface area contributed by atoms with E-state index in [0.29, 0.717) is 5.15 Å². The van der Waals surface area contributed by atoms with E-state index in [2.05, 4.69) is 44.5 Å². The summed E-state index contributed by atoms with van der Waals surface area (Å²) in [7, 11) is 0. The largest absolute Gasteiger partial charge is 0.368 e. The number of halogens is 1. The van der Waals surface area contributed by atoms with Crippen LogP contribution in [-0.4, -0.2) is 34.5 Å². The summed E-state index contributed by atoms with van der Waals surface area (Å²) in [6, 6.07) is 12.4. The molecule has 0 spiro atoms. The average Bonchev–Trinajstić information content (AvgIpc) is 2.48. The molecule has 1 aliphatic rings. The maximum absolute atomic E-state index is 6.01. The standard InChI is InChI=1S/C15H18ClN5/c16-14-8-12(19-15(17)20-14)13-9-18-6-7-21(13)10-11-4-2-1-3-5-11/h1-5,8,13,18H,6-7,9-10H2,(H2,17,19,20). The van der Waals surface area contributed by atoms with Crippen molar-refractivity contribution in [3.63, 3.8) is 0 Å². The number of nitrogens with zero attached hydrogens (tertiary/aromatic N) is 3. The highest BCUT2D eigenvalue weighted by Gasteiger charge is 2.25. The maximum Gasteiger partial charge on any atom is 0.221 e. The Labute approximate surface area is 129 Å². The van der Waals surface area contributed by atoms with Crippen LogP contribution >= 0.6 is 11.6 Å². The number of rotatable bonds is 3. The summed E-state index contributed by atoms with van der Waals surface area (Å²) in [4.78, 5) is 10.7. The summed E-state index contributed by atoms with van der Waals surface area (Å²) in [6.45, 7) is 3.65. The highest BCUT2D eigenvalue weighted by atomic mass is 35.5. The van der Waals surface area contributed by atoms with Gasteiger partial charge in [-0.1, -0.05) is 41.9 Å². The highest BCUT2D eigenvalue weighted by molar-refractivity contribution is 6.29. The minimum atomic E-state index is 0.154. The van der Waals surface area contributed by atoms with Crippen molar-refractivity contribution in [3.8, 4) is 0 Å². The second kappa shape index (κ2) is 6.39. The van der Waals surface area contributed by atoms with Gasteiger partial charge < -0.3 is 11.1 Å². The molecule has 110 valence electrons. The second-order valence-corrected chi connectivity index (χ2v) is 5.54. The van der Waals surface area contributed by atoms with Crippen molar-refractivity contribution in [3.05, 3.63) is 52.8 Å². The predicted molar refractivity (Wildman–Crippen MR) is 83.9 cm³/mol. The molecule has 1 fully saturated rings. The Morgan fingerprint density at radius 2 is 2.10 bits per heavy atom. The van der Waals surface area contributed by atoms with Crippen molar-refractivity contribution in [1.82, 2.24) is 20.2 Å². The number of aromatic nitrogens is 2. The number of hydrogen-bond acceptors (Lipinski definition) is 5. The number of nitrogens with one attached hydrogen (secondary N) is 1. The molecule has 1 aliphatic heterocycles. The normalized spacial score (nSPS) is 19.6. The molecular weight excluding hydrogens is 286 g/mol. The Morgan fingerprint density at radius 3 is 2.86 bits per heavy atom. The molecule has 3 N–H and O–H groups in total. The van der Waals surface area contributed by atoms with Crippen LogP contribution in [0.2, 0.25) is 5.15 Å². The third kappa shape index (κ3) is 3.50. The molecule has 6 heteroatoms. The fraction of sp³-hybridized carbons (Fsp3) is 0.333. The summed E-state index contributed by atoms with van der Waals surface area (Å²) in [5, 5.41) is 3.79. The molecule has 0 bridgehead atoms. The third-order valence-electron chi connectivity index (χ3n) is 3.66. The van der Waals surface area contributed by atoms with E-state index in [1.807, 2.05) is 6.07 Å². The first-order valence-corrected chi connectivity index (χ1v) is 7.39. The number of benzene rings is 1. The molecule has 2 heterocycles. The molecule has 0 radical (unpaired) electrons. The van der Waals surface area contributed by atoms with Crippen molar-refractivity contribution in [1.29, 1.82) is 0 Å². The smallest absolute Gasteiger partial charge is 0.221 e. The zero-order valence-corrected chi connectivity index (χ0v) is 12.4. The molecule has 0 saturated carbocycles. The van der Waals surface area contributed by atoms with Crippen LogP contribution in [0.3, 0.4) is 0 Å². The van der Waals surface area contributed by atoms with Crippen molar-refractivity contribution >= 4 is 17.5 Å². The number of anilines is 1. The van der Waals surface area contributed by atoms with E-state index in [1.165, 1.54) is 5.56 Å². The molecule has 1 aromatic carbocycles. The monoisotopic (exact) mass is 303 g/mol. The topological polar surface area (TPSA) is 67.1 Å². The molecule has 21 heavy (non-hydrogen) atoms. The van der Waals surface area contributed by atoms with E-state index in [1.54, 1.807) is 6.07 Å². The van der Waals surface area contributed by atoms with Crippen LogP contribution in [0.15, 0.2) is 36.4 Å². The van der Waals surface area contributed by atoms with Gasteiger partial charge in [-0.3, -0.25) is 4.90 Å². The first-order valence-electron chi connectivity index (χ1n) is 7.01. The van der Waals surface area contributed by atoms with Gasteiger partial charge in [0.25, 0.3) is 0 Å². The predicted octanol–water partition coefficient (Wildman–Crippen LogP) is 1.86. The van der Waals surface area contributed by atoms with Gasteiger partial charge >= 0.3 is 0 Å². The fourth-order valence-corrected chi connectivity index (χ4v) is 2.87. The van der Waals surface area contributed by atoms with Crippen LogP contribution < -0.4 is 11.1 Å². The quantitative estimate of drug-likeness (QED) is 0.847. The van der Waals surface area contributed by atoms with Gasteiger partial charge in [-0.25, -0.2) is 9.97 Å². The number of piperazine rings is 1. The summed E-state index contributed by atoms with van der Waals surface area (Å²) in [5.41, 5.74) is 7.88. The van der Waals surface area contributed by atoms with Crippen LogP contribution in [0.5, 0.6) is 0 Å². The lowest BCUT2D eigenvalue weighted by Crippen LogP contribution is -2.45. The van der Waals surface area contributed by atoms with Gasteiger partial charge in [0.15, 0.2) is 0 Å². The van der Waals surface area contributed by atoms with Crippen LogP contribution in [0, 0.1) is 0 Å². The van der Waals surface area contributed by atoms with Crippen molar-refractivity contribution < 1.29 is 0 Å². The lowest BCUT2D eigenvalue weighted by Gasteiger charge is -2.35. The molecule has 5 nitrogen and oxygen atoms in total. The first kappa shape index (κ1) is 14.3. The lowest BCUT2D eigenvalue weighted by molar-refractivity contribution is 0.150. The van der Waals surface area contributed by atoms with Crippen molar-refractivity contribution in [2.75, 3.05) is 25.4 Å². The molecule has 0 amide bonds. The molecule has 1 unspecified atom stereocenters. The SMILES string of the molecule is Nc1nc(Cl)cc(C2CNCCN2Cc2ccccc2)n1. The van der Waals surface area contributed by atoms with Gasteiger partial charge in [-0.05, 0) is 11.6 Å². The van der Waals surface area contributed by atoms with Crippen LogP contribution in [-0.2, 0) is 6.54 Å². The molecule has 1 saturated heterocycles. The van der Waals surface area contributed by atoms with Crippen molar-refractivity contribution in [2.24, 2.45) is 0 Å². The van der Waals surface area contributed by atoms with E-state index < -0.39 is 0 Å². The van der Waals surface area contributed by atoms with Crippen LogP contribution in [0.1, 0.15) is 17.3 Å². The third-order valence-corrected chi connectivity index (χ3v) is 3.85. The lowest BCUT2D eigenvalue weighted by atomic mass is 10.1. The van der Waals surface area contributed by atoms with E-state index >= 15 is 0 Å². The van der Waals surface area contributed by atoms with E-state index in [9.17, 15) is 0 Å². The average molecular weight is 304 g/mol. The maximum atomic E-state index is 6.01. The summed E-state index contributed by atoms with van der Waals surface area (Å²) in [5.74, 6) is 0.225. The molecule has 0 aliphatic carbocycles. The number of nitrogen functional groups attached to an aromatic ring is 1. The summed E-state index contributed by atoms with van der Waals surface area (Å²) >= 11 is 6.01. The van der Waals surface area contributed by atoms with Gasteiger partial charge in [0.05, 0.1) is 11.7 Å². The molecular formula is C15H18ClN5. The fourth-order valence-electron chi connectivity index (χ4n) is 2.67. The minimum absolute atomic E-state index is 0.154. The zero-order chi connectivity index (χ0) is 14.7. The summed E-state index contributed by atoms with van der Waals surface area (Å²) in [6.07, 6.45) is 0. The molecule has 1 atom stereocenters. The van der Waals surface area contributed by atoms with Crippen LogP contribution in [0.4, 0.5) is 5.95 Å². The van der Waals surface area contributed by atoms with E-state index in [0.717, 1.165) is 31.9 Å². The number of hydrogen-bond donors (Lipinski definition) is 2. The Bertz CT molecular complexity index is 584.